The largest absolute Gasteiger partial charge is 0.400 e. The van der Waals surface area contributed by atoms with Gasteiger partial charge in [-0.25, -0.2) is 0 Å². The zero-order chi connectivity index (χ0) is 23.3. The molecule has 2 aliphatic heterocycles. The fourth-order valence-corrected chi connectivity index (χ4v) is 5.45. The lowest BCUT2D eigenvalue weighted by atomic mass is 9.76. The third-order valence-electron chi connectivity index (χ3n) is 5.61. The molecule has 2 aromatic carbocycles. The van der Waals surface area contributed by atoms with Gasteiger partial charge < -0.3 is 5.32 Å². The Bertz CT molecular complexity index is 1100. The second-order valence-corrected chi connectivity index (χ2v) is 10.8. The molecule has 0 bridgehead atoms. The number of hydrogen-bond acceptors (Lipinski definition) is 3. The van der Waals surface area contributed by atoms with Crippen molar-refractivity contribution in [1.29, 1.82) is 0 Å². The van der Waals surface area contributed by atoms with E-state index in [1.807, 2.05) is 0 Å². The Morgan fingerprint density at radius 1 is 1.16 bits per heavy atom. The molecule has 11 heteroatoms. The lowest BCUT2D eigenvalue weighted by Gasteiger charge is -2.32. The average molecular weight is 587 g/mol. The highest BCUT2D eigenvalue weighted by molar-refractivity contribution is 9.10. The third-order valence-corrected chi connectivity index (χ3v) is 8.74. The maximum Gasteiger partial charge on any atom is 0.400 e. The SMILES string of the molecule is O=C(NC1CSC1)c1ccc(C2=NCC(c3cc(Cl)c(Cl)c(Cl)c3)(C(F)(F)F)C2)cc1Br. The molecule has 170 valence electrons. The van der Waals surface area contributed by atoms with Gasteiger partial charge in [-0.05, 0) is 51.3 Å². The van der Waals surface area contributed by atoms with Crippen LogP contribution >= 0.6 is 62.5 Å². The molecule has 2 aliphatic rings. The third kappa shape index (κ3) is 4.41. The van der Waals surface area contributed by atoms with E-state index in [1.54, 1.807) is 30.0 Å². The number of rotatable bonds is 4. The molecule has 1 amide bonds. The van der Waals surface area contributed by atoms with Crippen molar-refractivity contribution >= 4 is 74.1 Å². The predicted octanol–water partition coefficient (Wildman–Crippen LogP) is 6.95. The number of aliphatic imine (C=N–C) groups is 1. The van der Waals surface area contributed by atoms with Crippen LogP contribution < -0.4 is 5.32 Å². The van der Waals surface area contributed by atoms with Gasteiger partial charge in [0.15, 0.2) is 0 Å². The maximum atomic E-state index is 14.3. The van der Waals surface area contributed by atoms with Gasteiger partial charge in [0.25, 0.3) is 5.91 Å². The van der Waals surface area contributed by atoms with Gasteiger partial charge in [-0.1, -0.05) is 40.9 Å². The fourth-order valence-electron chi connectivity index (χ4n) is 3.66. The predicted molar refractivity (Wildman–Crippen MR) is 128 cm³/mol. The Morgan fingerprint density at radius 2 is 1.81 bits per heavy atom. The number of halogens is 7. The summed E-state index contributed by atoms with van der Waals surface area (Å²) in [5.74, 6) is 1.52. The van der Waals surface area contributed by atoms with Crippen LogP contribution in [0, 0.1) is 0 Å². The molecule has 1 N–H and O–H groups in total. The van der Waals surface area contributed by atoms with E-state index in [4.69, 9.17) is 34.8 Å². The van der Waals surface area contributed by atoms with Gasteiger partial charge in [0.05, 0.1) is 27.2 Å². The Balaban J connectivity index is 1.62. The van der Waals surface area contributed by atoms with Gasteiger partial charge in [0.2, 0.25) is 0 Å². The zero-order valence-electron chi connectivity index (χ0n) is 16.2. The van der Waals surface area contributed by atoms with Crippen molar-refractivity contribution in [1.82, 2.24) is 5.32 Å². The average Bonchev–Trinajstić information content (AvgIpc) is 3.15. The van der Waals surface area contributed by atoms with Crippen LogP contribution in [0.1, 0.15) is 27.9 Å². The maximum absolute atomic E-state index is 14.3. The summed E-state index contributed by atoms with van der Waals surface area (Å²) in [4.78, 5) is 16.7. The van der Waals surface area contributed by atoms with Crippen molar-refractivity contribution in [2.75, 3.05) is 18.1 Å². The first kappa shape index (κ1) is 24.2. The van der Waals surface area contributed by atoms with Crippen molar-refractivity contribution in [3.05, 3.63) is 66.6 Å². The van der Waals surface area contributed by atoms with Crippen molar-refractivity contribution in [2.45, 2.75) is 24.1 Å². The topological polar surface area (TPSA) is 41.5 Å². The van der Waals surface area contributed by atoms with E-state index in [1.165, 1.54) is 12.1 Å². The van der Waals surface area contributed by atoms with Gasteiger partial charge in [-0.2, -0.15) is 24.9 Å². The number of hydrogen-bond donors (Lipinski definition) is 1. The molecule has 2 aromatic rings. The van der Waals surface area contributed by atoms with Crippen LogP contribution in [0.15, 0.2) is 39.8 Å². The van der Waals surface area contributed by atoms with Crippen LogP contribution in [-0.4, -0.2) is 41.9 Å². The number of nitrogens with one attached hydrogen (secondary N) is 1. The van der Waals surface area contributed by atoms with E-state index in [0.717, 1.165) is 11.5 Å². The number of carbonyl (C=O) groups is 1. The van der Waals surface area contributed by atoms with Gasteiger partial charge >= 0.3 is 6.18 Å². The summed E-state index contributed by atoms with van der Waals surface area (Å²) in [6, 6.07) is 7.36. The van der Waals surface area contributed by atoms with E-state index >= 15 is 0 Å². The van der Waals surface area contributed by atoms with Crippen LogP contribution in [0.2, 0.25) is 15.1 Å². The fraction of sp³-hybridized carbons (Fsp3) is 0.333. The van der Waals surface area contributed by atoms with Crippen LogP contribution in [0.4, 0.5) is 13.2 Å². The molecule has 1 saturated heterocycles. The molecule has 1 fully saturated rings. The summed E-state index contributed by atoms with van der Waals surface area (Å²) < 4.78 is 43.4. The van der Waals surface area contributed by atoms with E-state index in [0.29, 0.717) is 15.6 Å². The number of alkyl halides is 3. The summed E-state index contributed by atoms with van der Waals surface area (Å²) >= 11 is 23.1. The highest BCUT2D eigenvalue weighted by atomic mass is 79.9. The summed E-state index contributed by atoms with van der Waals surface area (Å²) in [7, 11) is 0. The van der Waals surface area contributed by atoms with Gasteiger partial charge in [-0.15, -0.1) is 0 Å². The van der Waals surface area contributed by atoms with Crippen molar-refractivity contribution in [3.63, 3.8) is 0 Å². The minimum absolute atomic E-state index is 0.00633. The molecule has 2 heterocycles. The molecule has 32 heavy (non-hydrogen) atoms. The lowest BCUT2D eigenvalue weighted by Crippen LogP contribution is -2.44. The summed E-state index contributed by atoms with van der Waals surface area (Å²) in [6.45, 7) is -0.501. The number of thioether (sulfide) groups is 1. The van der Waals surface area contributed by atoms with Crippen LogP contribution in [0.5, 0.6) is 0 Å². The summed E-state index contributed by atoms with van der Waals surface area (Å²) in [5.41, 5.74) is -1.15. The first-order valence-corrected chi connectivity index (χ1v) is 12.5. The van der Waals surface area contributed by atoms with E-state index in [-0.39, 0.29) is 44.7 Å². The molecule has 3 nitrogen and oxygen atoms in total. The van der Waals surface area contributed by atoms with E-state index in [2.05, 4.69) is 26.2 Å². The van der Waals surface area contributed by atoms with Crippen LogP contribution in [-0.2, 0) is 5.41 Å². The molecule has 0 saturated carbocycles. The number of carbonyl (C=O) groups excluding carboxylic acids is 1. The normalized spacial score (nSPS) is 21.3. The van der Waals surface area contributed by atoms with Gasteiger partial charge in [-0.3, -0.25) is 9.79 Å². The van der Waals surface area contributed by atoms with Crippen molar-refractivity contribution < 1.29 is 18.0 Å². The lowest BCUT2D eigenvalue weighted by molar-refractivity contribution is -0.183. The monoisotopic (exact) mass is 584 g/mol. The second kappa shape index (κ2) is 9.02. The Labute approximate surface area is 210 Å². The number of amides is 1. The Hall–Kier alpha value is -0.930. The summed E-state index contributed by atoms with van der Waals surface area (Å²) in [5, 5.41) is 2.84. The number of nitrogens with zero attached hydrogens (tertiary/aromatic N) is 1. The Morgan fingerprint density at radius 3 is 2.34 bits per heavy atom. The molecule has 1 unspecified atom stereocenters. The van der Waals surface area contributed by atoms with E-state index in [9.17, 15) is 18.0 Å². The van der Waals surface area contributed by atoms with Crippen molar-refractivity contribution in [3.8, 4) is 0 Å². The Kier molecular flexibility index (Phi) is 6.82. The molecule has 4 rings (SSSR count). The molecular weight excluding hydrogens is 572 g/mol. The molecule has 1 atom stereocenters. The molecule has 0 spiro atoms. The van der Waals surface area contributed by atoms with Crippen molar-refractivity contribution in [2.24, 2.45) is 4.99 Å². The highest BCUT2D eigenvalue weighted by Crippen LogP contribution is 2.49. The first-order chi connectivity index (χ1) is 15.0. The summed E-state index contributed by atoms with van der Waals surface area (Å²) in [6.07, 6.45) is -4.99. The minimum Gasteiger partial charge on any atom is -0.348 e. The van der Waals surface area contributed by atoms with Crippen LogP contribution in [0.25, 0.3) is 0 Å². The molecule has 0 radical (unpaired) electrons. The second-order valence-electron chi connectivity index (χ2n) is 7.68. The first-order valence-electron chi connectivity index (χ1n) is 9.45. The minimum atomic E-state index is -4.60. The molecular formula is C21H15BrCl3F3N2OS. The molecule has 0 aromatic heterocycles. The zero-order valence-corrected chi connectivity index (χ0v) is 20.9. The quantitative estimate of drug-likeness (QED) is 0.394. The van der Waals surface area contributed by atoms with E-state index < -0.39 is 18.1 Å². The highest BCUT2D eigenvalue weighted by Gasteiger charge is 2.58. The molecule has 0 aliphatic carbocycles. The van der Waals surface area contributed by atoms with Crippen LogP contribution in [0.3, 0.4) is 0 Å². The number of benzene rings is 2. The standard InChI is InChI=1S/C21H15BrCl3F3N2OS/c22-14-3-10(1-2-13(14)19(31)30-12-7-32-8-12)17-6-20(9-29-17,21(26,27)28)11-4-15(23)18(25)16(24)5-11/h1-5,12H,6-9H2,(H,30,31). The van der Waals surface area contributed by atoms with Gasteiger partial charge in [0, 0.05) is 34.2 Å². The van der Waals surface area contributed by atoms with Gasteiger partial charge in [0.1, 0.15) is 5.41 Å². The smallest absolute Gasteiger partial charge is 0.348 e.